The first-order valence-electron chi connectivity index (χ1n) is 8.85. The maximum atomic E-state index is 12.5. The van der Waals surface area contributed by atoms with E-state index in [9.17, 15) is 9.00 Å². The van der Waals surface area contributed by atoms with Gasteiger partial charge in [0.1, 0.15) is 5.60 Å². The van der Waals surface area contributed by atoms with Crippen LogP contribution in [0.3, 0.4) is 0 Å². The van der Waals surface area contributed by atoms with Crippen molar-refractivity contribution in [2.45, 2.75) is 63.9 Å². The number of ether oxygens (including phenoxy) is 1. The Hall–Kier alpha value is -1.40. The van der Waals surface area contributed by atoms with Crippen molar-refractivity contribution >= 4 is 17.1 Å². The number of piperidine rings is 1. The van der Waals surface area contributed by atoms with Crippen molar-refractivity contribution in [1.82, 2.24) is 9.62 Å². The highest BCUT2D eigenvalue weighted by Gasteiger charge is 2.39. The van der Waals surface area contributed by atoms with Crippen molar-refractivity contribution < 1.29 is 13.7 Å². The van der Waals surface area contributed by atoms with E-state index in [4.69, 9.17) is 4.74 Å². The first-order valence-corrected chi connectivity index (χ1v) is 10.1. The molecular weight excluding hydrogens is 336 g/mol. The molecule has 1 aliphatic rings. The molecular formula is C19H30N2O3S. The molecule has 1 aromatic rings. The predicted molar refractivity (Wildman–Crippen MR) is 102 cm³/mol. The highest BCUT2D eigenvalue weighted by atomic mass is 32.2. The van der Waals surface area contributed by atoms with Crippen molar-refractivity contribution in [2.75, 3.05) is 13.1 Å². The van der Waals surface area contributed by atoms with Crippen LogP contribution in [0.1, 0.15) is 53.0 Å². The minimum atomic E-state index is -1.13. The minimum Gasteiger partial charge on any atom is -0.444 e. The molecule has 1 heterocycles. The van der Waals surface area contributed by atoms with Crippen LogP contribution in [-0.4, -0.2) is 39.1 Å². The van der Waals surface area contributed by atoms with Gasteiger partial charge in [-0.2, -0.15) is 0 Å². The zero-order valence-corrected chi connectivity index (χ0v) is 16.7. The largest absolute Gasteiger partial charge is 0.444 e. The Balaban J connectivity index is 2.15. The molecule has 25 heavy (non-hydrogen) atoms. The Morgan fingerprint density at radius 2 is 1.76 bits per heavy atom. The Labute approximate surface area is 153 Å². The number of benzene rings is 1. The lowest BCUT2D eigenvalue weighted by Gasteiger charge is -2.42. The molecule has 140 valence electrons. The van der Waals surface area contributed by atoms with Gasteiger partial charge in [0.25, 0.3) is 0 Å². The van der Waals surface area contributed by atoms with Crippen LogP contribution in [0.25, 0.3) is 0 Å². The molecule has 6 heteroatoms. The molecule has 1 aromatic carbocycles. The molecule has 2 rings (SSSR count). The second kappa shape index (κ2) is 7.87. The number of nitrogens with one attached hydrogen (secondary N) is 1. The van der Waals surface area contributed by atoms with Crippen LogP contribution in [0, 0.1) is 0 Å². The first kappa shape index (κ1) is 19.9. The maximum Gasteiger partial charge on any atom is 0.410 e. The SMILES string of the molecule is CC(C)S(=O)NC1(c2ccccc2)CCN(C(=O)OC(C)(C)C)CC1. The fraction of sp³-hybridized carbons (Fsp3) is 0.632. The summed E-state index contributed by atoms with van der Waals surface area (Å²) in [6.45, 7) is 10.6. The molecule has 0 saturated carbocycles. The standard InChI is InChI=1S/C19H30N2O3S/c1-15(2)25(23)20-19(16-9-7-6-8-10-16)11-13-21(14-12-19)17(22)24-18(3,4)5/h6-10,15,20H,11-14H2,1-5H3. The van der Waals surface area contributed by atoms with E-state index in [2.05, 4.69) is 16.9 Å². The number of likely N-dealkylation sites (tertiary alicyclic amines) is 1. The van der Waals surface area contributed by atoms with E-state index >= 15 is 0 Å². The monoisotopic (exact) mass is 366 g/mol. The van der Waals surface area contributed by atoms with Crippen LogP contribution in [0.15, 0.2) is 30.3 Å². The lowest BCUT2D eigenvalue weighted by molar-refractivity contribution is 0.0158. The van der Waals surface area contributed by atoms with E-state index in [1.807, 2.05) is 52.8 Å². The second-order valence-electron chi connectivity index (χ2n) is 7.86. The van der Waals surface area contributed by atoms with E-state index in [-0.39, 0.29) is 16.9 Å². The number of hydrogen-bond acceptors (Lipinski definition) is 3. The molecule has 1 unspecified atom stereocenters. The topological polar surface area (TPSA) is 58.6 Å². The summed E-state index contributed by atoms with van der Waals surface area (Å²) < 4.78 is 21.3. The molecule has 0 spiro atoms. The van der Waals surface area contributed by atoms with Gasteiger partial charge in [0.15, 0.2) is 0 Å². The summed E-state index contributed by atoms with van der Waals surface area (Å²) >= 11 is 0. The Bertz CT molecular complexity index is 603. The van der Waals surface area contributed by atoms with Crippen molar-refractivity contribution in [3.63, 3.8) is 0 Å². The molecule has 5 nitrogen and oxygen atoms in total. The van der Waals surface area contributed by atoms with Gasteiger partial charge in [0.05, 0.1) is 16.5 Å². The highest BCUT2D eigenvalue weighted by Crippen LogP contribution is 2.34. The van der Waals surface area contributed by atoms with E-state index in [1.54, 1.807) is 4.90 Å². The summed E-state index contributed by atoms with van der Waals surface area (Å²) in [7, 11) is -1.13. The third kappa shape index (κ3) is 5.28. The normalized spacial score (nSPS) is 18.9. The first-order chi connectivity index (χ1) is 11.6. The van der Waals surface area contributed by atoms with Gasteiger partial charge in [-0.05, 0) is 53.0 Å². The second-order valence-corrected chi connectivity index (χ2v) is 9.61. The van der Waals surface area contributed by atoms with Gasteiger partial charge in [-0.25, -0.2) is 13.7 Å². The number of hydrogen-bond donors (Lipinski definition) is 1. The number of amides is 1. The minimum absolute atomic E-state index is 0.0319. The van der Waals surface area contributed by atoms with Crippen LogP contribution in [0.5, 0.6) is 0 Å². The van der Waals surface area contributed by atoms with Crippen LogP contribution in [0.4, 0.5) is 4.79 Å². The fourth-order valence-electron chi connectivity index (χ4n) is 2.91. The van der Waals surface area contributed by atoms with E-state index in [1.165, 1.54) is 0 Å². The Morgan fingerprint density at radius 3 is 2.24 bits per heavy atom. The average molecular weight is 367 g/mol. The molecule has 1 atom stereocenters. The Kier molecular flexibility index (Phi) is 6.27. The van der Waals surface area contributed by atoms with Gasteiger partial charge in [0, 0.05) is 18.3 Å². The number of carbonyl (C=O) groups is 1. The summed E-state index contributed by atoms with van der Waals surface area (Å²) in [6, 6.07) is 10.1. The molecule has 0 aliphatic carbocycles. The molecule has 1 saturated heterocycles. The third-order valence-electron chi connectivity index (χ3n) is 4.32. The number of rotatable bonds is 4. The van der Waals surface area contributed by atoms with Gasteiger partial charge in [0.2, 0.25) is 0 Å². The number of nitrogens with zero attached hydrogens (tertiary/aromatic N) is 1. The third-order valence-corrected chi connectivity index (χ3v) is 5.77. The van der Waals surface area contributed by atoms with Gasteiger partial charge in [-0.3, -0.25) is 0 Å². The quantitative estimate of drug-likeness (QED) is 0.886. The van der Waals surface area contributed by atoms with Crippen molar-refractivity contribution in [1.29, 1.82) is 0 Å². The fourth-order valence-corrected chi connectivity index (χ4v) is 3.86. The van der Waals surface area contributed by atoms with E-state index < -0.39 is 16.6 Å². The smallest absolute Gasteiger partial charge is 0.410 e. The summed E-state index contributed by atoms with van der Waals surface area (Å²) in [5, 5.41) is 0.0319. The predicted octanol–water partition coefficient (Wildman–Crippen LogP) is 3.57. The van der Waals surface area contributed by atoms with E-state index in [0.29, 0.717) is 25.9 Å². The van der Waals surface area contributed by atoms with Crippen molar-refractivity contribution in [3.8, 4) is 0 Å². The van der Waals surface area contributed by atoms with Crippen LogP contribution >= 0.6 is 0 Å². The molecule has 1 aliphatic heterocycles. The van der Waals surface area contributed by atoms with Crippen molar-refractivity contribution in [2.24, 2.45) is 0 Å². The summed E-state index contributed by atoms with van der Waals surface area (Å²) in [5.41, 5.74) is 0.241. The van der Waals surface area contributed by atoms with Crippen molar-refractivity contribution in [3.05, 3.63) is 35.9 Å². The highest BCUT2D eigenvalue weighted by molar-refractivity contribution is 7.83. The Morgan fingerprint density at radius 1 is 1.20 bits per heavy atom. The van der Waals surface area contributed by atoms with Crippen LogP contribution in [-0.2, 0) is 21.3 Å². The maximum absolute atomic E-state index is 12.5. The van der Waals surface area contributed by atoms with Gasteiger partial charge in [-0.1, -0.05) is 30.3 Å². The lowest BCUT2D eigenvalue weighted by Crippen LogP contribution is -2.54. The van der Waals surface area contributed by atoms with Crippen LogP contribution < -0.4 is 4.72 Å². The van der Waals surface area contributed by atoms with Crippen LogP contribution in [0.2, 0.25) is 0 Å². The lowest BCUT2D eigenvalue weighted by atomic mass is 9.82. The summed E-state index contributed by atoms with van der Waals surface area (Å²) in [6.07, 6.45) is 1.13. The molecule has 1 N–H and O–H groups in total. The summed E-state index contributed by atoms with van der Waals surface area (Å²) in [4.78, 5) is 14.1. The molecule has 1 amide bonds. The zero-order chi connectivity index (χ0) is 18.7. The molecule has 0 radical (unpaired) electrons. The summed E-state index contributed by atoms with van der Waals surface area (Å²) in [5.74, 6) is 0. The van der Waals surface area contributed by atoms with Gasteiger partial charge < -0.3 is 9.64 Å². The van der Waals surface area contributed by atoms with Gasteiger partial charge >= 0.3 is 6.09 Å². The van der Waals surface area contributed by atoms with E-state index in [0.717, 1.165) is 5.56 Å². The molecule has 0 aromatic heterocycles. The zero-order valence-electron chi connectivity index (χ0n) is 15.9. The molecule has 1 fully saturated rings. The average Bonchev–Trinajstić information content (AvgIpc) is 2.54. The molecule has 0 bridgehead atoms. The van der Waals surface area contributed by atoms with Gasteiger partial charge in [-0.15, -0.1) is 0 Å². The number of carbonyl (C=O) groups excluding carboxylic acids is 1.